The summed E-state index contributed by atoms with van der Waals surface area (Å²) >= 11 is 0. The van der Waals surface area contributed by atoms with Crippen LogP contribution < -0.4 is 15.8 Å². The van der Waals surface area contributed by atoms with Crippen molar-refractivity contribution >= 4 is 11.6 Å². The van der Waals surface area contributed by atoms with Crippen LogP contribution >= 0.6 is 0 Å². The Morgan fingerprint density at radius 3 is 2.80 bits per heavy atom. The minimum atomic E-state index is -0.298. The number of benzene rings is 1. The Kier molecular flexibility index (Phi) is 3.97. The molecule has 0 spiro atoms. The summed E-state index contributed by atoms with van der Waals surface area (Å²) in [5.41, 5.74) is 7.06. The van der Waals surface area contributed by atoms with Gasteiger partial charge in [-0.05, 0) is 30.7 Å². The van der Waals surface area contributed by atoms with Crippen molar-refractivity contribution in [2.24, 2.45) is 5.73 Å². The molecule has 0 unspecified atom stereocenters. The third-order valence-corrected chi connectivity index (χ3v) is 2.10. The lowest BCUT2D eigenvalue weighted by Crippen LogP contribution is -2.15. The summed E-state index contributed by atoms with van der Waals surface area (Å²) < 4.78 is 5.14. The van der Waals surface area contributed by atoms with E-state index < -0.39 is 0 Å². The van der Waals surface area contributed by atoms with Gasteiger partial charge in [0, 0.05) is 18.7 Å². The SMILES string of the molecule is COc1ccc(NCCC(N)=O)cc1C. The number of rotatable bonds is 5. The van der Waals surface area contributed by atoms with Gasteiger partial charge in [0.15, 0.2) is 0 Å². The van der Waals surface area contributed by atoms with Gasteiger partial charge < -0.3 is 15.8 Å². The predicted molar refractivity (Wildman–Crippen MR) is 60.0 cm³/mol. The summed E-state index contributed by atoms with van der Waals surface area (Å²) in [6.45, 7) is 2.53. The molecule has 0 aliphatic carbocycles. The van der Waals surface area contributed by atoms with E-state index in [9.17, 15) is 4.79 Å². The molecular formula is C11H16N2O2. The highest BCUT2D eigenvalue weighted by Gasteiger charge is 1.99. The van der Waals surface area contributed by atoms with E-state index in [4.69, 9.17) is 10.5 Å². The molecule has 0 aliphatic rings. The summed E-state index contributed by atoms with van der Waals surface area (Å²) in [4.78, 5) is 10.5. The Morgan fingerprint density at radius 2 is 2.27 bits per heavy atom. The fourth-order valence-corrected chi connectivity index (χ4v) is 1.32. The Bertz CT molecular complexity index is 350. The summed E-state index contributed by atoms with van der Waals surface area (Å²) in [6, 6.07) is 5.77. The first-order chi connectivity index (χ1) is 7.13. The van der Waals surface area contributed by atoms with Crippen molar-refractivity contribution in [3.05, 3.63) is 23.8 Å². The average Bonchev–Trinajstić information content (AvgIpc) is 2.17. The molecule has 82 valence electrons. The maximum absolute atomic E-state index is 10.5. The second kappa shape index (κ2) is 5.24. The lowest BCUT2D eigenvalue weighted by atomic mass is 10.2. The molecule has 0 fully saturated rings. The average molecular weight is 208 g/mol. The van der Waals surface area contributed by atoms with Gasteiger partial charge in [0.1, 0.15) is 5.75 Å². The van der Waals surface area contributed by atoms with Gasteiger partial charge in [-0.25, -0.2) is 0 Å². The fraction of sp³-hybridized carbons (Fsp3) is 0.364. The second-order valence-corrected chi connectivity index (χ2v) is 3.33. The molecule has 0 saturated carbocycles. The van der Waals surface area contributed by atoms with Gasteiger partial charge in [0.05, 0.1) is 7.11 Å². The maximum Gasteiger partial charge on any atom is 0.219 e. The number of anilines is 1. The third-order valence-electron chi connectivity index (χ3n) is 2.10. The van der Waals surface area contributed by atoms with E-state index in [1.165, 1.54) is 0 Å². The second-order valence-electron chi connectivity index (χ2n) is 3.33. The Hall–Kier alpha value is -1.71. The van der Waals surface area contributed by atoms with E-state index in [1.54, 1.807) is 7.11 Å². The number of methoxy groups -OCH3 is 1. The first-order valence-electron chi connectivity index (χ1n) is 4.80. The quantitative estimate of drug-likeness (QED) is 0.766. The molecule has 15 heavy (non-hydrogen) atoms. The summed E-state index contributed by atoms with van der Waals surface area (Å²) in [7, 11) is 1.64. The minimum absolute atomic E-state index is 0.298. The molecule has 1 aromatic carbocycles. The van der Waals surface area contributed by atoms with Gasteiger partial charge in [0.25, 0.3) is 0 Å². The summed E-state index contributed by atoms with van der Waals surface area (Å²) in [5, 5.41) is 3.11. The molecule has 0 saturated heterocycles. The van der Waals surface area contributed by atoms with Gasteiger partial charge in [-0.1, -0.05) is 0 Å². The van der Waals surface area contributed by atoms with Crippen LogP contribution in [0.5, 0.6) is 5.75 Å². The number of aryl methyl sites for hydroxylation is 1. The van der Waals surface area contributed by atoms with Crippen LogP contribution in [0.4, 0.5) is 5.69 Å². The molecule has 0 radical (unpaired) electrons. The van der Waals surface area contributed by atoms with Crippen LogP contribution in [0.25, 0.3) is 0 Å². The number of hydrogen-bond donors (Lipinski definition) is 2. The molecule has 1 amide bonds. The maximum atomic E-state index is 10.5. The van der Waals surface area contributed by atoms with Gasteiger partial charge in [0.2, 0.25) is 5.91 Å². The number of amides is 1. The van der Waals surface area contributed by atoms with E-state index in [0.717, 1.165) is 17.0 Å². The molecule has 0 atom stereocenters. The highest BCUT2D eigenvalue weighted by molar-refractivity contribution is 5.74. The van der Waals surface area contributed by atoms with Crippen LogP contribution in [0.2, 0.25) is 0 Å². The van der Waals surface area contributed by atoms with E-state index in [0.29, 0.717) is 13.0 Å². The zero-order valence-corrected chi connectivity index (χ0v) is 9.04. The van der Waals surface area contributed by atoms with Crippen molar-refractivity contribution in [3.63, 3.8) is 0 Å². The third kappa shape index (κ3) is 3.50. The molecule has 4 heteroatoms. The van der Waals surface area contributed by atoms with Crippen LogP contribution in [0, 0.1) is 6.92 Å². The largest absolute Gasteiger partial charge is 0.496 e. The fourth-order valence-electron chi connectivity index (χ4n) is 1.32. The van der Waals surface area contributed by atoms with Crippen molar-refractivity contribution in [2.45, 2.75) is 13.3 Å². The van der Waals surface area contributed by atoms with E-state index in [2.05, 4.69) is 5.32 Å². The first kappa shape index (κ1) is 11.4. The van der Waals surface area contributed by atoms with Gasteiger partial charge in [-0.3, -0.25) is 4.79 Å². The molecule has 0 aromatic heterocycles. The van der Waals surface area contributed by atoms with E-state index in [1.807, 2.05) is 25.1 Å². The number of carbonyl (C=O) groups is 1. The normalized spacial score (nSPS) is 9.73. The van der Waals surface area contributed by atoms with Crippen LogP contribution in [0.15, 0.2) is 18.2 Å². The Labute approximate surface area is 89.4 Å². The van der Waals surface area contributed by atoms with Crippen molar-refractivity contribution in [2.75, 3.05) is 19.0 Å². The van der Waals surface area contributed by atoms with Gasteiger partial charge in [-0.15, -0.1) is 0 Å². The van der Waals surface area contributed by atoms with Crippen LogP contribution in [0.3, 0.4) is 0 Å². The number of nitrogens with one attached hydrogen (secondary N) is 1. The van der Waals surface area contributed by atoms with Gasteiger partial charge in [-0.2, -0.15) is 0 Å². The molecule has 1 rings (SSSR count). The van der Waals surface area contributed by atoms with E-state index >= 15 is 0 Å². The Morgan fingerprint density at radius 1 is 1.53 bits per heavy atom. The summed E-state index contributed by atoms with van der Waals surface area (Å²) in [5.74, 6) is 0.559. The monoisotopic (exact) mass is 208 g/mol. The number of hydrogen-bond acceptors (Lipinski definition) is 3. The molecule has 0 aliphatic heterocycles. The lowest BCUT2D eigenvalue weighted by Gasteiger charge is -2.08. The van der Waals surface area contributed by atoms with E-state index in [-0.39, 0.29) is 5.91 Å². The number of primary amides is 1. The van der Waals surface area contributed by atoms with Gasteiger partial charge >= 0.3 is 0 Å². The minimum Gasteiger partial charge on any atom is -0.496 e. The molecule has 0 bridgehead atoms. The highest BCUT2D eigenvalue weighted by Crippen LogP contribution is 2.21. The van der Waals surface area contributed by atoms with Crippen molar-refractivity contribution in [1.82, 2.24) is 0 Å². The van der Waals surface area contributed by atoms with Crippen LogP contribution in [-0.4, -0.2) is 19.6 Å². The first-order valence-corrected chi connectivity index (χ1v) is 4.80. The number of carbonyl (C=O) groups excluding carboxylic acids is 1. The predicted octanol–water partition coefficient (Wildman–Crippen LogP) is 1.29. The van der Waals surface area contributed by atoms with Crippen LogP contribution in [0.1, 0.15) is 12.0 Å². The van der Waals surface area contributed by atoms with Crippen molar-refractivity contribution < 1.29 is 9.53 Å². The molecule has 4 nitrogen and oxygen atoms in total. The lowest BCUT2D eigenvalue weighted by molar-refractivity contribution is -0.117. The van der Waals surface area contributed by atoms with Crippen LogP contribution in [-0.2, 0) is 4.79 Å². The Balaban J connectivity index is 2.55. The topological polar surface area (TPSA) is 64.3 Å². The molecular weight excluding hydrogens is 192 g/mol. The zero-order chi connectivity index (χ0) is 11.3. The highest BCUT2D eigenvalue weighted by atomic mass is 16.5. The zero-order valence-electron chi connectivity index (χ0n) is 9.04. The molecule has 3 N–H and O–H groups in total. The standard InChI is InChI=1S/C11H16N2O2/c1-8-7-9(3-4-10(8)15-2)13-6-5-11(12)14/h3-4,7,13H,5-6H2,1-2H3,(H2,12,14). The molecule has 0 heterocycles. The molecule has 1 aromatic rings. The number of ether oxygens (including phenoxy) is 1. The van der Waals surface area contributed by atoms with Crippen molar-refractivity contribution in [1.29, 1.82) is 0 Å². The smallest absolute Gasteiger partial charge is 0.219 e. The summed E-state index contributed by atoms with van der Waals surface area (Å²) in [6.07, 6.45) is 0.338. The van der Waals surface area contributed by atoms with Crippen molar-refractivity contribution in [3.8, 4) is 5.75 Å². The number of nitrogens with two attached hydrogens (primary N) is 1.